The Labute approximate surface area is 162 Å². The number of ether oxygens (including phenoxy) is 1. The molecule has 3 heterocycles. The van der Waals surface area contributed by atoms with Crippen molar-refractivity contribution in [2.24, 2.45) is 0 Å². The number of fused-ring (bicyclic) bond motifs is 1. The first-order chi connectivity index (χ1) is 13.0. The Morgan fingerprint density at radius 1 is 1.33 bits per heavy atom. The number of piperidine rings is 1. The van der Waals surface area contributed by atoms with Gasteiger partial charge in [0.1, 0.15) is 16.5 Å². The Morgan fingerprint density at radius 3 is 2.93 bits per heavy atom. The molecule has 1 fully saturated rings. The molecule has 2 aliphatic heterocycles. The average Bonchev–Trinajstić information content (AvgIpc) is 3.13. The van der Waals surface area contributed by atoms with Gasteiger partial charge < -0.3 is 4.74 Å². The van der Waals surface area contributed by atoms with Gasteiger partial charge in [-0.1, -0.05) is 6.42 Å². The van der Waals surface area contributed by atoms with Crippen molar-refractivity contribution in [1.29, 1.82) is 0 Å². The maximum Gasteiger partial charge on any atom is 0.266 e. The number of thiazole rings is 1. The van der Waals surface area contributed by atoms with E-state index in [2.05, 4.69) is 21.5 Å². The predicted octanol–water partition coefficient (Wildman–Crippen LogP) is 3.78. The molecule has 1 saturated heterocycles. The fourth-order valence-corrected chi connectivity index (χ4v) is 5.81. The molecule has 1 aromatic carbocycles. The van der Waals surface area contributed by atoms with Crippen LogP contribution in [0.3, 0.4) is 0 Å². The molecule has 4 rings (SSSR count). The van der Waals surface area contributed by atoms with E-state index in [1.165, 1.54) is 24.8 Å². The maximum atomic E-state index is 14.8. The van der Waals surface area contributed by atoms with E-state index in [1.54, 1.807) is 5.38 Å². The highest BCUT2D eigenvalue weighted by Crippen LogP contribution is 2.41. The molecule has 0 spiro atoms. The van der Waals surface area contributed by atoms with Crippen molar-refractivity contribution < 1.29 is 17.5 Å². The lowest BCUT2D eigenvalue weighted by Crippen LogP contribution is -2.42. The third-order valence-electron chi connectivity index (χ3n) is 5.27. The number of halogens is 1. The van der Waals surface area contributed by atoms with Crippen molar-refractivity contribution >= 4 is 26.5 Å². The van der Waals surface area contributed by atoms with E-state index >= 15 is 0 Å². The van der Waals surface area contributed by atoms with Crippen LogP contribution in [0.5, 0.6) is 5.75 Å². The molecule has 0 unspecified atom stereocenters. The molecule has 2 atom stereocenters. The van der Waals surface area contributed by atoms with Gasteiger partial charge in [0.15, 0.2) is 5.13 Å². The molecule has 146 valence electrons. The molecule has 0 aliphatic carbocycles. The van der Waals surface area contributed by atoms with Crippen LogP contribution in [0.2, 0.25) is 0 Å². The summed E-state index contributed by atoms with van der Waals surface area (Å²) < 4.78 is 48.0. The van der Waals surface area contributed by atoms with Crippen LogP contribution in [0.1, 0.15) is 44.2 Å². The molecule has 0 radical (unpaired) electrons. The SMILES string of the molecule is C[C@@H]1CCCCN1[C@@H]1CCOc2cc(S(=O)(=O)Nc3nccs3)c(F)cc21. The Bertz CT molecular complexity index is 918. The minimum absolute atomic E-state index is 0.0576. The zero-order valence-corrected chi connectivity index (χ0v) is 16.7. The topological polar surface area (TPSA) is 71.5 Å². The quantitative estimate of drug-likeness (QED) is 0.829. The number of likely N-dealkylation sites (tertiary alicyclic amines) is 1. The van der Waals surface area contributed by atoms with Crippen LogP contribution in [0, 0.1) is 5.82 Å². The highest BCUT2D eigenvalue weighted by Gasteiger charge is 2.34. The Hall–Kier alpha value is -1.71. The van der Waals surface area contributed by atoms with Gasteiger partial charge in [-0.3, -0.25) is 9.62 Å². The van der Waals surface area contributed by atoms with Gasteiger partial charge in [0.05, 0.1) is 6.61 Å². The van der Waals surface area contributed by atoms with E-state index in [9.17, 15) is 12.8 Å². The van der Waals surface area contributed by atoms with Gasteiger partial charge in [0, 0.05) is 41.7 Å². The lowest BCUT2D eigenvalue weighted by molar-refractivity contribution is 0.0756. The molecule has 0 bridgehead atoms. The second-order valence-corrected chi connectivity index (χ2v) is 9.54. The molecule has 2 aromatic rings. The van der Waals surface area contributed by atoms with Gasteiger partial charge in [-0.15, -0.1) is 11.3 Å². The van der Waals surface area contributed by atoms with Crippen LogP contribution in [0.15, 0.2) is 28.6 Å². The first-order valence-electron chi connectivity index (χ1n) is 9.10. The molecule has 27 heavy (non-hydrogen) atoms. The standard InChI is InChI=1S/C18H22FN3O3S2/c1-12-4-2-3-7-22(12)15-5-8-25-16-11-17(14(19)10-13(15)16)27(23,24)21-18-20-6-9-26-18/h6,9-12,15H,2-5,7-8H2,1H3,(H,20,21)/t12-,15-/m1/s1. The summed E-state index contributed by atoms with van der Waals surface area (Å²) >= 11 is 1.14. The number of rotatable bonds is 4. The minimum Gasteiger partial charge on any atom is -0.493 e. The van der Waals surface area contributed by atoms with E-state index in [4.69, 9.17) is 4.74 Å². The third-order valence-corrected chi connectivity index (χ3v) is 7.44. The molecule has 0 saturated carbocycles. The number of anilines is 1. The van der Waals surface area contributed by atoms with E-state index in [-0.39, 0.29) is 11.2 Å². The molecule has 6 nitrogen and oxygen atoms in total. The molecule has 0 amide bonds. The van der Waals surface area contributed by atoms with Gasteiger partial charge >= 0.3 is 0 Å². The van der Waals surface area contributed by atoms with Crippen molar-refractivity contribution in [1.82, 2.24) is 9.88 Å². The van der Waals surface area contributed by atoms with Crippen LogP contribution in [-0.2, 0) is 10.0 Å². The average molecular weight is 412 g/mol. The number of benzene rings is 1. The van der Waals surface area contributed by atoms with E-state index in [0.29, 0.717) is 18.4 Å². The fraction of sp³-hybridized carbons (Fsp3) is 0.500. The van der Waals surface area contributed by atoms with Gasteiger partial charge in [0.25, 0.3) is 10.0 Å². The number of sulfonamides is 1. The number of hydrogen-bond acceptors (Lipinski definition) is 6. The van der Waals surface area contributed by atoms with Gasteiger partial charge in [-0.05, 0) is 32.4 Å². The predicted molar refractivity (Wildman–Crippen MR) is 102 cm³/mol. The summed E-state index contributed by atoms with van der Waals surface area (Å²) in [4.78, 5) is 5.88. The lowest BCUT2D eigenvalue weighted by Gasteiger charge is -2.42. The summed E-state index contributed by atoms with van der Waals surface area (Å²) in [6.07, 6.45) is 5.73. The highest BCUT2D eigenvalue weighted by atomic mass is 32.2. The number of nitrogens with one attached hydrogen (secondary N) is 1. The minimum atomic E-state index is -4.07. The van der Waals surface area contributed by atoms with Crippen molar-refractivity contribution in [2.45, 2.75) is 49.6 Å². The summed E-state index contributed by atoms with van der Waals surface area (Å²) in [5.41, 5.74) is 0.737. The van der Waals surface area contributed by atoms with Gasteiger partial charge in [0.2, 0.25) is 0 Å². The van der Waals surface area contributed by atoms with Crippen LogP contribution < -0.4 is 9.46 Å². The van der Waals surface area contributed by atoms with Crippen LogP contribution in [-0.4, -0.2) is 37.5 Å². The molecule has 2 aliphatic rings. The lowest BCUT2D eigenvalue weighted by atomic mass is 9.93. The summed E-state index contributed by atoms with van der Waals surface area (Å²) in [6.45, 7) is 3.66. The van der Waals surface area contributed by atoms with E-state index in [0.717, 1.165) is 42.7 Å². The first-order valence-corrected chi connectivity index (χ1v) is 11.5. The van der Waals surface area contributed by atoms with Gasteiger partial charge in [-0.2, -0.15) is 0 Å². The second kappa shape index (κ2) is 7.37. The van der Waals surface area contributed by atoms with Crippen molar-refractivity contribution in [3.05, 3.63) is 35.1 Å². The number of hydrogen-bond donors (Lipinski definition) is 1. The summed E-state index contributed by atoms with van der Waals surface area (Å²) in [5.74, 6) is -0.317. The Balaban J connectivity index is 1.68. The zero-order chi connectivity index (χ0) is 19.0. The van der Waals surface area contributed by atoms with Crippen molar-refractivity contribution in [3.63, 3.8) is 0 Å². The number of aromatic nitrogens is 1. The third kappa shape index (κ3) is 3.68. The Morgan fingerprint density at radius 2 is 2.19 bits per heavy atom. The van der Waals surface area contributed by atoms with Gasteiger partial charge in [-0.25, -0.2) is 17.8 Å². The van der Waals surface area contributed by atoms with Crippen molar-refractivity contribution in [2.75, 3.05) is 17.9 Å². The normalized spacial score (nSPS) is 23.5. The molecule has 1 aromatic heterocycles. The summed E-state index contributed by atoms with van der Waals surface area (Å²) in [6, 6.07) is 3.12. The maximum absolute atomic E-state index is 14.8. The number of nitrogens with zero attached hydrogens (tertiary/aromatic N) is 2. The Kier molecular flexibility index (Phi) is 5.09. The van der Waals surface area contributed by atoms with Crippen LogP contribution in [0.4, 0.5) is 9.52 Å². The molecule has 1 N–H and O–H groups in total. The van der Waals surface area contributed by atoms with Crippen molar-refractivity contribution in [3.8, 4) is 5.75 Å². The van der Waals surface area contributed by atoms with E-state index < -0.39 is 20.7 Å². The fourth-order valence-electron chi connectivity index (χ4n) is 3.95. The summed E-state index contributed by atoms with van der Waals surface area (Å²) in [5, 5.41) is 1.85. The second-order valence-electron chi connectivity index (χ2n) is 7.00. The molecular formula is C18H22FN3O3S2. The highest BCUT2D eigenvalue weighted by molar-refractivity contribution is 7.93. The summed E-state index contributed by atoms with van der Waals surface area (Å²) in [7, 11) is -4.07. The van der Waals surface area contributed by atoms with Crippen LogP contribution >= 0.6 is 11.3 Å². The zero-order valence-electron chi connectivity index (χ0n) is 15.0. The van der Waals surface area contributed by atoms with E-state index in [1.807, 2.05) is 0 Å². The van der Waals surface area contributed by atoms with Crippen LogP contribution in [0.25, 0.3) is 0 Å². The molecule has 9 heteroatoms. The first kappa shape index (κ1) is 18.6. The largest absolute Gasteiger partial charge is 0.493 e. The smallest absolute Gasteiger partial charge is 0.266 e. The monoisotopic (exact) mass is 411 g/mol. The molecular weight excluding hydrogens is 389 g/mol.